The molecule has 10 heteroatoms. The van der Waals surface area contributed by atoms with Gasteiger partial charge >= 0.3 is 6.18 Å². The number of carbonyl (C=O) groups excluding carboxylic acids is 1. The van der Waals surface area contributed by atoms with Crippen LogP contribution in [-0.4, -0.2) is 32.4 Å². The fraction of sp³-hybridized carbons (Fsp3) is 0.316. The van der Waals surface area contributed by atoms with Crippen molar-refractivity contribution in [3.05, 3.63) is 59.7 Å². The molecule has 0 aromatic heterocycles. The van der Waals surface area contributed by atoms with Gasteiger partial charge in [-0.1, -0.05) is 17.7 Å². The summed E-state index contributed by atoms with van der Waals surface area (Å²) < 4.78 is 65.6. The van der Waals surface area contributed by atoms with Gasteiger partial charge in [-0.15, -0.1) is 0 Å². The van der Waals surface area contributed by atoms with Crippen molar-refractivity contribution in [3.63, 3.8) is 0 Å². The van der Waals surface area contributed by atoms with Gasteiger partial charge < -0.3 is 5.32 Å². The molecular weight excluding hydrogens is 425 g/mol. The van der Waals surface area contributed by atoms with E-state index in [2.05, 4.69) is 10.0 Å². The molecule has 29 heavy (non-hydrogen) atoms. The van der Waals surface area contributed by atoms with Gasteiger partial charge in [0.1, 0.15) is 6.04 Å². The van der Waals surface area contributed by atoms with Crippen LogP contribution < -0.4 is 10.0 Å². The lowest BCUT2D eigenvalue weighted by atomic mass is 10.2. The van der Waals surface area contributed by atoms with Crippen LogP contribution in [0.4, 0.5) is 18.9 Å². The fourth-order valence-electron chi connectivity index (χ4n) is 2.42. The number of carbonyl (C=O) groups is 1. The molecule has 1 unspecified atom stereocenters. The van der Waals surface area contributed by atoms with Gasteiger partial charge in [0, 0.05) is 5.69 Å². The molecule has 0 fully saturated rings. The Bertz CT molecular complexity index is 929. The van der Waals surface area contributed by atoms with E-state index >= 15 is 0 Å². The highest BCUT2D eigenvalue weighted by molar-refractivity contribution is 7.98. The normalized spacial score (nSPS) is 13.1. The second-order valence-electron chi connectivity index (χ2n) is 6.33. The molecule has 0 spiro atoms. The molecule has 158 valence electrons. The van der Waals surface area contributed by atoms with Crippen LogP contribution in [0.3, 0.4) is 0 Å². The Labute approximate surface area is 172 Å². The number of nitrogens with one attached hydrogen (secondary N) is 2. The van der Waals surface area contributed by atoms with Gasteiger partial charge in [0.15, 0.2) is 0 Å². The number of alkyl halides is 3. The van der Waals surface area contributed by atoms with Crippen molar-refractivity contribution >= 4 is 33.4 Å². The first-order chi connectivity index (χ1) is 13.5. The smallest absolute Gasteiger partial charge is 0.325 e. The number of rotatable bonds is 8. The number of sulfonamides is 1. The number of anilines is 1. The Hall–Kier alpha value is -2.04. The topological polar surface area (TPSA) is 75.3 Å². The molecule has 2 N–H and O–H groups in total. The van der Waals surface area contributed by atoms with E-state index in [4.69, 9.17) is 0 Å². The molecule has 1 amide bonds. The molecule has 0 saturated carbocycles. The van der Waals surface area contributed by atoms with Crippen LogP contribution in [0.5, 0.6) is 0 Å². The summed E-state index contributed by atoms with van der Waals surface area (Å²) in [6.45, 7) is 1.82. The Kier molecular flexibility index (Phi) is 7.73. The Balaban J connectivity index is 2.16. The minimum atomic E-state index is -4.48. The predicted molar refractivity (Wildman–Crippen MR) is 108 cm³/mol. The van der Waals surface area contributed by atoms with Gasteiger partial charge in [-0.3, -0.25) is 4.79 Å². The van der Waals surface area contributed by atoms with E-state index in [0.717, 1.165) is 29.8 Å². The number of thioether (sulfide) groups is 1. The molecular formula is C19H21F3N2O3S2. The molecule has 0 aliphatic rings. The summed E-state index contributed by atoms with van der Waals surface area (Å²) in [5, 5.41) is 2.47. The zero-order valence-electron chi connectivity index (χ0n) is 15.8. The zero-order chi connectivity index (χ0) is 21.7. The minimum absolute atomic E-state index is 0.0274. The molecule has 2 aromatic carbocycles. The molecule has 0 heterocycles. The average molecular weight is 447 g/mol. The molecule has 0 radical (unpaired) electrons. The van der Waals surface area contributed by atoms with Crippen molar-refractivity contribution < 1.29 is 26.4 Å². The van der Waals surface area contributed by atoms with Crippen LogP contribution >= 0.6 is 11.8 Å². The maximum absolute atomic E-state index is 12.7. The summed E-state index contributed by atoms with van der Waals surface area (Å²) in [5.74, 6) is -0.129. The summed E-state index contributed by atoms with van der Waals surface area (Å²) in [7, 11) is -3.94. The van der Waals surface area contributed by atoms with Crippen LogP contribution in [-0.2, 0) is 21.0 Å². The first kappa shape index (κ1) is 23.2. The average Bonchev–Trinajstić information content (AvgIpc) is 2.65. The molecule has 5 nitrogen and oxygen atoms in total. The van der Waals surface area contributed by atoms with Gasteiger partial charge in [0.2, 0.25) is 15.9 Å². The SMILES string of the molecule is CSCCC(NS(=O)(=O)c1ccc(C)cc1)C(=O)Nc1ccc(C(F)(F)F)cc1. The van der Waals surface area contributed by atoms with Gasteiger partial charge in [-0.25, -0.2) is 8.42 Å². The van der Waals surface area contributed by atoms with Crippen molar-refractivity contribution in [1.82, 2.24) is 4.72 Å². The van der Waals surface area contributed by atoms with Crippen LogP contribution in [0.25, 0.3) is 0 Å². The van der Waals surface area contributed by atoms with Gasteiger partial charge in [0.25, 0.3) is 0 Å². The lowest BCUT2D eigenvalue weighted by molar-refractivity contribution is -0.137. The number of amides is 1. The molecule has 0 bridgehead atoms. The molecule has 0 saturated heterocycles. The lowest BCUT2D eigenvalue weighted by Gasteiger charge is -2.18. The minimum Gasteiger partial charge on any atom is -0.325 e. The lowest BCUT2D eigenvalue weighted by Crippen LogP contribution is -2.44. The first-order valence-corrected chi connectivity index (χ1v) is 11.5. The quantitative estimate of drug-likeness (QED) is 0.642. The van der Waals surface area contributed by atoms with E-state index in [-0.39, 0.29) is 17.0 Å². The van der Waals surface area contributed by atoms with E-state index in [0.29, 0.717) is 5.75 Å². The highest BCUT2D eigenvalue weighted by Crippen LogP contribution is 2.29. The largest absolute Gasteiger partial charge is 0.416 e. The first-order valence-electron chi connectivity index (χ1n) is 8.59. The highest BCUT2D eigenvalue weighted by Gasteiger charge is 2.30. The molecule has 1 atom stereocenters. The van der Waals surface area contributed by atoms with E-state index in [1.807, 2.05) is 13.2 Å². The molecule has 0 aliphatic heterocycles. The number of halogens is 3. The van der Waals surface area contributed by atoms with E-state index < -0.39 is 33.7 Å². The summed E-state index contributed by atoms with van der Waals surface area (Å²) in [6, 6.07) is 9.06. The monoisotopic (exact) mass is 446 g/mol. The van der Waals surface area contributed by atoms with Crippen molar-refractivity contribution in [2.24, 2.45) is 0 Å². The number of hydrogen-bond donors (Lipinski definition) is 2. The summed E-state index contributed by atoms with van der Waals surface area (Å²) >= 11 is 1.44. The second kappa shape index (κ2) is 9.64. The van der Waals surface area contributed by atoms with Crippen LogP contribution in [0.15, 0.2) is 53.4 Å². The predicted octanol–water partition coefficient (Wildman–Crippen LogP) is 4.05. The Morgan fingerprint density at radius 3 is 2.17 bits per heavy atom. The molecule has 2 aromatic rings. The number of hydrogen-bond acceptors (Lipinski definition) is 4. The third-order valence-electron chi connectivity index (χ3n) is 4.04. The van der Waals surface area contributed by atoms with E-state index in [1.165, 1.54) is 23.9 Å². The van der Waals surface area contributed by atoms with Crippen LogP contribution in [0.2, 0.25) is 0 Å². The van der Waals surface area contributed by atoms with Gasteiger partial charge in [-0.2, -0.15) is 29.7 Å². The third kappa shape index (κ3) is 6.76. The third-order valence-corrected chi connectivity index (χ3v) is 6.17. The van der Waals surface area contributed by atoms with Crippen molar-refractivity contribution in [1.29, 1.82) is 0 Å². The maximum Gasteiger partial charge on any atom is 0.416 e. The van der Waals surface area contributed by atoms with Crippen LogP contribution in [0, 0.1) is 6.92 Å². The van der Waals surface area contributed by atoms with E-state index in [1.54, 1.807) is 12.1 Å². The molecule has 0 aliphatic carbocycles. The Morgan fingerprint density at radius 2 is 1.66 bits per heavy atom. The van der Waals surface area contributed by atoms with Crippen LogP contribution in [0.1, 0.15) is 17.5 Å². The number of benzene rings is 2. The zero-order valence-corrected chi connectivity index (χ0v) is 17.4. The summed E-state index contributed by atoms with van der Waals surface area (Å²) in [6.07, 6.45) is -2.44. The second-order valence-corrected chi connectivity index (χ2v) is 9.03. The standard InChI is InChI=1S/C19H21F3N2O3S2/c1-13-3-9-16(10-4-13)29(26,27)24-17(11-12-28-2)18(25)23-15-7-5-14(6-8-15)19(20,21)22/h3-10,17,24H,11-12H2,1-2H3,(H,23,25). The summed E-state index contributed by atoms with van der Waals surface area (Å²) in [4.78, 5) is 12.6. The van der Waals surface area contributed by atoms with Crippen molar-refractivity contribution in [3.8, 4) is 0 Å². The van der Waals surface area contributed by atoms with E-state index in [9.17, 15) is 26.4 Å². The number of aryl methyl sites for hydroxylation is 1. The van der Waals surface area contributed by atoms with Crippen molar-refractivity contribution in [2.75, 3.05) is 17.3 Å². The maximum atomic E-state index is 12.7. The summed E-state index contributed by atoms with van der Waals surface area (Å²) in [5.41, 5.74) is 0.198. The Morgan fingerprint density at radius 1 is 1.07 bits per heavy atom. The van der Waals surface area contributed by atoms with Gasteiger partial charge in [-0.05, 0) is 61.8 Å². The van der Waals surface area contributed by atoms with Crippen molar-refractivity contribution in [2.45, 2.75) is 30.5 Å². The highest BCUT2D eigenvalue weighted by atomic mass is 32.2. The molecule has 2 rings (SSSR count). The van der Waals surface area contributed by atoms with Gasteiger partial charge in [0.05, 0.1) is 10.5 Å². The fourth-order valence-corrected chi connectivity index (χ4v) is 4.13.